The van der Waals surface area contributed by atoms with Crippen molar-refractivity contribution in [1.29, 1.82) is 0 Å². The molecule has 0 atom stereocenters. The van der Waals surface area contributed by atoms with Gasteiger partial charge in [-0.25, -0.2) is 6.57 Å². The molecular formula is C5H6N2O3. The Morgan fingerprint density at radius 3 is 2.60 bits per heavy atom. The number of nitrogens with one attached hydrogen (secondary N) is 1. The monoisotopic (exact) mass is 142 g/mol. The van der Waals surface area contributed by atoms with Gasteiger partial charge >= 0.3 is 11.9 Å². The Labute approximate surface area is 57.5 Å². The predicted molar refractivity (Wildman–Crippen MR) is 32.1 cm³/mol. The molecule has 0 aromatic heterocycles. The summed E-state index contributed by atoms with van der Waals surface area (Å²) in [4.78, 5) is 22.9. The molecule has 0 heterocycles. The van der Waals surface area contributed by atoms with Gasteiger partial charge in [-0.05, 0) is 0 Å². The van der Waals surface area contributed by atoms with E-state index in [1.807, 2.05) is 5.32 Å². The molecule has 10 heavy (non-hydrogen) atoms. The SMILES string of the molecule is [C-]#[N+]CC(=O)NCC(=O)O. The van der Waals surface area contributed by atoms with Crippen molar-refractivity contribution in [3.8, 4) is 0 Å². The molecule has 0 aromatic rings. The number of carbonyl (C=O) groups excluding carboxylic acids is 1. The largest absolute Gasteiger partial charge is 0.480 e. The van der Waals surface area contributed by atoms with Gasteiger partial charge in [0, 0.05) is 0 Å². The molecule has 0 aliphatic heterocycles. The molecule has 0 fully saturated rings. The summed E-state index contributed by atoms with van der Waals surface area (Å²) in [6, 6.07) is 0. The number of aliphatic carboxylic acids is 1. The third-order valence-corrected chi connectivity index (χ3v) is 0.659. The van der Waals surface area contributed by atoms with Crippen LogP contribution in [0, 0.1) is 6.57 Å². The minimum Gasteiger partial charge on any atom is -0.480 e. The summed E-state index contributed by atoms with van der Waals surface area (Å²) < 4.78 is 0. The van der Waals surface area contributed by atoms with E-state index in [4.69, 9.17) is 11.7 Å². The minimum atomic E-state index is -1.11. The first-order valence-corrected chi connectivity index (χ1v) is 2.48. The van der Waals surface area contributed by atoms with Crippen LogP contribution in [-0.4, -0.2) is 30.1 Å². The van der Waals surface area contributed by atoms with Gasteiger partial charge in [-0.2, -0.15) is 0 Å². The van der Waals surface area contributed by atoms with Crippen LogP contribution in [0.15, 0.2) is 0 Å². The molecule has 0 aliphatic carbocycles. The highest BCUT2D eigenvalue weighted by Gasteiger charge is 2.03. The van der Waals surface area contributed by atoms with Gasteiger partial charge in [0.2, 0.25) is 0 Å². The normalized spacial score (nSPS) is 7.90. The zero-order valence-electron chi connectivity index (χ0n) is 5.13. The molecule has 0 saturated carbocycles. The van der Waals surface area contributed by atoms with Crippen LogP contribution < -0.4 is 5.32 Å². The van der Waals surface area contributed by atoms with Crippen LogP contribution in [0.5, 0.6) is 0 Å². The van der Waals surface area contributed by atoms with Gasteiger partial charge in [0.1, 0.15) is 6.54 Å². The molecule has 54 valence electrons. The van der Waals surface area contributed by atoms with E-state index in [1.54, 1.807) is 0 Å². The summed E-state index contributed by atoms with van der Waals surface area (Å²) in [6.45, 7) is 5.50. The average molecular weight is 142 g/mol. The highest BCUT2D eigenvalue weighted by Crippen LogP contribution is 1.68. The van der Waals surface area contributed by atoms with E-state index < -0.39 is 18.4 Å². The molecule has 0 unspecified atom stereocenters. The second-order valence-electron chi connectivity index (χ2n) is 1.49. The minimum absolute atomic E-state index is 0.312. The average Bonchev–Trinajstić information content (AvgIpc) is 1.85. The van der Waals surface area contributed by atoms with E-state index >= 15 is 0 Å². The van der Waals surface area contributed by atoms with Crippen molar-refractivity contribution in [2.75, 3.05) is 13.1 Å². The molecule has 0 radical (unpaired) electrons. The maximum absolute atomic E-state index is 10.4. The zero-order valence-corrected chi connectivity index (χ0v) is 5.13. The van der Waals surface area contributed by atoms with E-state index in [1.165, 1.54) is 0 Å². The van der Waals surface area contributed by atoms with Gasteiger partial charge in [-0.15, -0.1) is 0 Å². The maximum atomic E-state index is 10.4. The smallest absolute Gasteiger partial charge is 0.322 e. The van der Waals surface area contributed by atoms with Crippen molar-refractivity contribution < 1.29 is 14.7 Å². The maximum Gasteiger partial charge on any atom is 0.322 e. The Balaban J connectivity index is 3.42. The fourth-order valence-corrected chi connectivity index (χ4v) is 0.302. The lowest BCUT2D eigenvalue weighted by molar-refractivity contribution is -0.137. The van der Waals surface area contributed by atoms with Crippen LogP contribution in [0.25, 0.3) is 4.85 Å². The lowest BCUT2D eigenvalue weighted by Crippen LogP contribution is -2.30. The van der Waals surface area contributed by atoms with E-state index in [9.17, 15) is 9.59 Å². The highest BCUT2D eigenvalue weighted by molar-refractivity contribution is 5.83. The molecule has 0 aromatic carbocycles. The number of hydrogen-bond donors (Lipinski definition) is 2. The van der Waals surface area contributed by atoms with Crippen molar-refractivity contribution in [2.24, 2.45) is 0 Å². The standard InChI is InChI=1S/C5H6N2O3/c1-6-2-4(8)7-3-5(9)10/h2-3H2,(H,7,8)(H,9,10). The van der Waals surface area contributed by atoms with Crippen molar-refractivity contribution in [2.45, 2.75) is 0 Å². The van der Waals surface area contributed by atoms with Crippen LogP contribution in [0.4, 0.5) is 0 Å². The molecule has 0 spiro atoms. The third kappa shape index (κ3) is 4.59. The molecule has 0 aliphatic rings. The lowest BCUT2D eigenvalue weighted by atomic mass is 10.5. The van der Waals surface area contributed by atoms with Gasteiger partial charge in [0.15, 0.2) is 0 Å². The Morgan fingerprint density at radius 1 is 1.60 bits per heavy atom. The number of amides is 1. The number of carboxylic acids is 1. The van der Waals surface area contributed by atoms with Crippen LogP contribution in [0.2, 0.25) is 0 Å². The van der Waals surface area contributed by atoms with Crippen molar-refractivity contribution >= 4 is 11.9 Å². The molecule has 0 saturated heterocycles. The summed E-state index contributed by atoms with van der Waals surface area (Å²) in [5.74, 6) is -1.67. The van der Waals surface area contributed by atoms with E-state index in [2.05, 4.69) is 4.85 Å². The molecule has 5 heteroatoms. The number of carboxylic acid groups (broad SMARTS) is 1. The third-order valence-electron chi connectivity index (χ3n) is 0.659. The summed E-state index contributed by atoms with van der Waals surface area (Å²) in [5, 5.41) is 10.1. The summed E-state index contributed by atoms with van der Waals surface area (Å²) in [5.41, 5.74) is 0. The first-order valence-electron chi connectivity index (χ1n) is 2.48. The Bertz CT molecular complexity index is 182. The second kappa shape index (κ2) is 4.32. The molecular weight excluding hydrogens is 136 g/mol. The highest BCUT2D eigenvalue weighted by atomic mass is 16.4. The van der Waals surface area contributed by atoms with Crippen LogP contribution >= 0.6 is 0 Å². The van der Waals surface area contributed by atoms with Gasteiger partial charge in [-0.3, -0.25) is 9.59 Å². The summed E-state index contributed by atoms with van der Waals surface area (Å²) in [6.07, 6.45) is 0. The fraction of sp³-hybridized carbons (Fsp3) is 0.400. The number of rotatable bonds is 3. The van der Waals surface area contributed by atoms with Gasteiger partial charge in [-0.1, -0.05) is 0 Å². The van der Waals surface area contributed by atoms with E-state index in [0.717, 1.165) is 0 Å². The number of carbonyl (C=O) groups is 2. The van der Waals surface area contributed by atoms with E-state index in [-0.39, 0.29) is 6.54 Å². The molecule has 5 nitrogen and oxygen atoms in total. The first-order chi connectivity index (χ1) is 4.66. The first kappa shape index (κ1) is 8.43. The quantitative estimate of drug-likeness (QED) is 0.502. The van der Waals surface area contributed by atoms with E-state index in [0.29, 0.717) is 0 Å². The van der Waals surface area contributed by atoms with Crippen molar-refractivity contribution in [3.63, 3.8) is 0 Å². The van der Waals surface area contributed by atoms with Crippen LogP contribution in [0.3, 0.4) is 0 Å². The van der Waals surface area contributed by atoms with Crippen LogP contribution in [0.1, 0.15) is 0 Å². The Hall–Kier alpha value is -1.57. The zero-order chi connectivity index (χ0) is 7.98. The van der Waals surface area contributed by atoms with Gasteiger partial charge in [0.05, 0.1) is 0 Å². The van der Waals surface area contributed by atoms with Crippen molar-refractivity contribution in [3.05, 3.63) is 11.4 Å². The molecule has 2 N–H and O–H groups in total. The lowest BCUT2D eigenvalue weighted by Gasteiger charge is -1.93. The molecule has 0 bridgehead atoms. The van der Waals surface area contributed by atoms with Gasteiger partial charge in [0.25, 0.3) is 6.54 Å². The number of nitrogens with zero attached hydrogens (tertiary/aromatic N) is 1. The Morgan fingerprint density at radius 2 is 2.20 bits per heavy atom. The fourth-order valence-electron chi connectivity index (χ4n) is 0.302. The van der Waals surface area contributed by atoms with Gasteiger partial charge < -0.3 is 15.3 Å². The predicted octanol–water partition coefficient (Wildman–Crippen LogP) is -0.894. The topological polar surface area (TPSA) is 70.8 Å². The van der Waals surface area contributed by atoms with Crippen molar-refractivity contribution in [1.82, 2.24) is 5.32 Å². The second-order valence-corrected chi connectivity index (χ2v) is 1.49. The van der Waals surface area contributed by atoms with Crippen LogP contribution in [-0.2, 0) is 9.59 Å². The summed E-state index contributed by atoms with van der Waals surface area (Å²) in [7, 11) is 0. The Kier molecular flexibility index (Phi) is 3.64. The summed E-state index contributed by atoms with van der Waals surface area (Å²) >= 11 is 0. The number of hydrogen-bond acceptors (Lipinski definition) is 2. The molecule has 0 rings (SSSR count). The molecule has 1 amide bonds.